The lowest BCUT2D eigenvalue weighted by molar-refractivity contribution is -0.137. The number of hydrogen-bond acceptors (Lipinski definition) is 4. The molecule has 2 N–H and O–H groups in total. The van der Waals surface area contributed by atoms with Crippen LogP contribution in [0.2, 0.25) is 0 Å². The van der Waals surface area contributed by atoms with Gasteiger partial charge >= 0.3 is 5.97 Å². The summed E-state index contributed by atoms with van der Waals surface area (Å²) in [6.45, 7) is 1.81. The van der Waals surface area contributed by atoms with E-state index in [2.05, 4.69) is 39.6 Å². The number of nitrogens with one attached hydrogen (secondary N) is 1. The van der Waals surface area contributed by atoms with E-state index in [1.165, 1.54) is 11.1 Å². The molecule has 0 spiro atoms. The minimum absolute atomic E-state index is 0.462. The third kappa shape index (κ3) is 4.45. The van der Waals surface area contributed by atoms with Gasteiger partial charge in [-0.15, -0.1) is 0 Å². The van der Waals surface area contributed by atoms with Crippen LogP contribution in [0, 0.1) is 0 Å². The Morgan fingerprint density at radius 2 is 1.81 bits per heavy atom. The average Bonchev–Trinajstić information content (AvgIpc) is 2.67. The van der Waals surface area contributed by atoms with Gasteiger partial charge in [0.25, 0.3) is 0 Å². The normalized spacial score (nSPS) is 11.7. The molecule has 0 aliphatic carbocycles. The molecule has 3 aromatic rings. The van der Waals surface area contributed by atoms with Crippen LogP contribution in [0.1, 0.15) is 24.5 Å². The lowest BCUT2D eigenvalue weighted by Crippen LogP contribution is -2.28. The fraction of sp³-hybridized carbons (Fsp3) is 0.190. The minimum Gasteiger partial charge on any atom is -0.480 e. The van der Waals surface area contributed by atoms with Crippen LogP contribution in [0.3, 0.4) is 0 Å². The van der Waals surface area contributed by atoms with Crippen molar-refractivity contribution in [3.05, 3.63) is 78.1 Å². The van der Waals surface area contributed by atoms with Crippen molar-refractivity contribution >= 4 is 11.8 Å². The molecule has 1 atom stereocenters. The summed E-state index contributed by atoms with van der Waals surface area (Å²) in [5.74, 6) is -0.435. The van der Waals surface area contributed by atoms with E-state index in [4.69, 9.17) is 5.11 Å². The van der Waals surface area contributed by atoms with Gasteiger partial charge in [-0.1, -0.05) is 55.5 Å². The summed E-state index contributed by atoms with van der Waals surface area (Å²) in [6.07, 6.45) is 4.57. The Balaban J connectivity index is 1.75. The first-order chi connectivity index (χ1) is 12.7. The van der Waals surface area contributed by atoms with Crippen LogP contribution in [-0.4, -0.2) is 27.1 Å². The van der Waals surface area contributed by atoms with Gasteiger partial charge in [0, 0.05) is 5.56 Å². The molecule has 132 valence electrons. The Morgan fingerprint density at radius 1 is 1.04 bits per heavy atom. The van der Waals surface area contributed by atoms with E-state index in [0.717, 1.165) is 17.7 Å². The van der Waals surface area contributed by atoms with Crippen LogP contribution in [-0.2, 0) is 11.2 Å². The molecule has 0 radical (unpaired) electrons. The molecule has 0 bridgehead atoms. The van der Waals surface area contributed by atoms with Crippen molar-refractivity contribution in [2.24, 2.45) is 0 Å². The molecule has 26 heavy (non-hydrogen) atoms. The molecule has 1 heterocycles. The van der Waals surface area contributed by atoms with Crippen molar-refractivity contribution in [1.29, 1.82) is 0 Å². The summed E-state index contributed by atoms with van der Waals surface area (Å²) >= 11 is 0. The van der Waals surface area contributed by atoms with Gasteiger partial charge < -0.3 is 10.4 Å². The largest absolute Gasteiger partial charge is 0.480 e. The molecule has 1 unspecified atom stereocenters. The van der Waals surface area contributed by atoms with Crippen LogP contribution in [0.15, 0.2) is 67.0 Å². The van der Waals surface area contributed by atoms with Crippen LogP contribution < -0.4 is 5.32 Å². The van der Waals surface area contributed by atoms with Gasteiger partial charge in [-0.25, -0.2) is 9.78 Å². The van der Waals surface area contributed by atoms with Crippen molar-refractivity contribution in [2.75, 3.05) is 5.32 Å². The average molecular weight is 347 g/mol. The molecule has 2 aromatic carbocycles. The number of nitrogens with zero attached hydrogens (tertiary/aromatic N) is 2. The zero-order chi connectivity index (χ0) is 18.4. The molecule has 5 nitrogen and oxygen atoms in total. The second kappa shape index (κ2) is 8.25. The van der Waals surface area contributed by atoms with Crippen LogP contribution in [0.5, 0.6) is 0 Å². The highest BCUT2D eigenvalue weighted by molar-refractivity contribution is 5.76. The van der Waals surface area contributed by atoms with Gasteiger partial charge in [-0.3, -0.25) is 4.98 Å². The minimum atomic E-state index is -0.896. The van der Waals surface area contributed by atoms with Crippen LogP contribution >= 0.6 is 0 Å². The number of hydrogen-bond donors (Lipinski definition) is 2. The Hall–Kier alpha value is -3.21. The molecule has 5 heteroatoms. The number of aliphatic carboxylic acids is 1. The highest BCUT2D eigenvalue weighted by Crippen LogP contribution is 2.20. The molecule has 3 rings (SSSR count). The van der Waals surface area contributed by atoms with Gasteiger partial charge in [-0.05, 0) is 30.0 Å². The van der Waals surface area contributed by atoms with E-state index in [1.807, 2.05) is 37.3 Å². The molecule has 0 amide bonds. The highest BCUT2D eigenvalue weighted by atomic mass is 16.4. The summed E-state index contributed by atoms with van der Waals surface area (Å²) in [4.78, 5) is 19.8. The molecule has 1 aromatic heterocycles. The van der Waals surface area contributed by atoms with E-state index in [-0.39, 0.29) is 0 Å². The Kier molecular flexibility index (Phi) is 5.59. The van der Waals surface area contributed by atoms with Crippen molar-refractivity contribution in [1.82, 2.24) is 9.97 Å². The lowest BCUT2D eigenvalue weighted by atomic mass is 10.0. The maximum atomic E-state index is 11.1. The van der Waals surface area contributed by atoms with E-state index in [1.54, 1.807) is 12.4 Å². The molecular weight excluding hydrogens is 326 g/mol. The standard InChI is InChI=1S/C21H21N3O2/c1-2-18(21(25)26)24-20-14-22-19(13-23-20)17-10-6-9-16(12-17)11-15-7-4-3-5-8-15/h3-10,12-14,18H,2,11H2,1H3,(H,23,24)(H,25,26). The number of carbonyl (C=O) groups is 1. The van der Waals surface area contributed by atoms with E-state index in [0.29, 0.717) is 12.2 Å². The quantitative estimate of drug-likeness (QED) is 0.675. The number of benzene rings is 2. The summed E-state index contributed by atoms with van der Waals surface area (Å²) < 4.78 is 0. The summed E-state index contributed by atoms with van der Waals surface area (Å²) in [7, 11) is 0. The lowest BCUT2D eigenvalue weighted by Gasteiger charge is -2.12. The van der Waals surface area contributed by atoms with Crippen molar-refractivity contribution in [3.63, 3.8) is 0 Å². The first-order valence-electron chi connectivity index (χ1n) is 8.60. The van der Waals surface area contributed by atoms with E-state index in [9.17, 15) is 4.79 Å². The molecule has 0 saturated heterocycles. The fourth-order valence-electron chi connectivity index (χ4n) is 2.74. The Labute approximate surface area is 152 Å². The first-order valence-corrected chi connectivity index (χ1v) is 8.60. The van der Waals surface area contributed by atoms with Gasteiger partial charge in [0.2, 0.25) is 0 Å². The Bertz CT molecular complexity index is 864. The van der Waals surface area contributed by atoms with Gasteiger partial charge in [0.15, 0.2) is 0 Å². The topological polar surface area (TPSA) is 75.1 Å². The molecule has 0 aliphatic rings. The predicted octanol–water partition coefficient (Wildman–Crippen LogP) is 4.01. The SMILES string of the molecule is CCC(Nc1cnc(-c2cccc(Cc3ccccc3)c2)cn1)C(=O)O. The molecule has 0 fully saturated rings. The van der Waals surface area contributed by atoms with E-state index >= 15 is 0 Å². The number of rotatable bonds is 7. The third-order valence-corrected chi connectivity index (χ3v) is 4.15. The third-order valence-electron chi connectivity index (χ3n) is 4.15. The fourth-order valence-corrected chi connectivity index (χ4v) is 2.74. The summed E-state index contributed by atoms with van der Waals surface area (Å²) in [5, 5.41) is 12.0. The van der Waals surface area contributed by atoms with Gasteiger partial charge in [-0.2, -0.15) is 0 Å². The number of carboxylic acids is 1. The maximum absolute atomic E-state index is 11.1. The molecular formula is C21H21N3O2. The first kappa shape index (κ1) is 17.6. The second-order valence-corrected chi connectivity index (χ2v) is 6.09. The highest BCUT2D eigenvalue weighted by Gasteiger charge is 2.15. The molecule has 0 aliphatic heterocycles. The monoisotopic (exact) mass is 347 g/mol. The van der Waals surface area contributed by atoms with E-state index < -0.39 is 12.0 Å². The van der Waals surface area contributed by atoms with Gasteiger partial charge in [0.1, 0.15) is 11.9 Å². The number of anilines is 1. The van der Waals surface area contributed by atoms with Crippen molar-refractivity contribution in [2.45, 2.75) is 25.8 Å². The zero-order valence-corrected chi connectivity index (χ0v) is 14.6. The smallest absolute Gasteiger partial charge is 0.326 e. The predicted molar refractivity (Wildman–Crippen MR) is 102 cm³/mol. The summed E-state index contributed by atoms with van der Waals surface area (Å²) in [6, 6.07) is 17.9. The molecule has 0 saturated carbocycles. The van der Waals surface area contributed by atoms with Gasteiger partial charge in [0.05, 0.1) is 18.1 Å². The van der Waals surface area contributed by atoms with Crippen molar-refractivity contribution in [3.8, 4) is 11.3 Å². The van der Waals surface area contributed by atoms with Crippen LogP contribution in [0.25, 0.3) is 11.3 Å². The van der Waals surface area contributed by atoms with Crippen LogP contribution in [0.4, 0.5) is 5.82 Å². The maximum Gasteiger partial charge on any atom is 0.326 e. The number of aromatic nitrogens is 2. The number of carboxylic acid groups (broad SMARTS) is 1. The summed E-state index contributed by atoms with van der Waals surface area (Å²) in [5.41, 5.74) is 4.21. The zero-order valence-electron chi connectivity index (χ0n) is 14.6. The Morgan fingerprint density at radius 3 is 2.46 bits per heavy atom. The van der Waals surface area contributed by atoms with Crippen molar-refractivity contribution < 1.29 is 9.90 Å². The second-order valence-electron chi connectivity index (χ2n) is 6.09.